The van der Waals surface area contributed by atoms with Crippen molar-refractivity contribution in [1.82, 2.24) is 15.0 Å². The van der Waals surface area contributed by atoms with Crippen LogP contribution in [0.2, 0.25) is 0 Å². The highest BCUT2D eigenvalue weighted by molar-refractivity contribution is 5.57. The van der Waals surface area contributed by atoms with Crippen LogP contribution in [0, 0.1) is 0 Å². The number of rotatable bonds is 9. The van der Waals surface area contributed by atoms with Crippen LogP contribution in [0.3, 0.4) is 0 Å². The molecule has 2 aliphatic rings. The normalized spacial score (nSPS) is 16.3. The summed E-state index contributed by atoms with van der Waals surface area (Å²) in [7, 11) is 0. The minimum absolute atomic E-state index is 0.565. The third-order valence-corrected chi connectivity index (χ3v) is 5.55. The van der Waals surface area contributed by atoms with Crippen molar-refractivity contribution in [1.29, 1.82) is 0 Å². The van der Waals surface area contributed by atoms with E-state index in [1.165, 1.54) is 38.5 Å². The van der Waals surface area contributed by atoms with Crippen LogP contribution in [0.4, 0.5) is 23.5 Å². The Labute approximate surface area is 179 Å². The van der Waals surface area contributed by atoms with Gasteiger partial charge in [-0.05, 0) is 76.1 Å². The summed E-state index contributed by atoms with van der Waals surface area (Å²) >= 11 is 0. The summed E-state index contributed by atoms with van der Waals surface area (Å²) in [6.45, 7) is 5.48. The first-order chi connectivity index (χ1) is 14.8. The molecule has 1 aromatic heterocycles. The fourth-order valence-electron chi connectivity index (χ4n) is 3.96. The molecule has 1 fully saturated rings. The molecule has 0 atom stereocenters. The Morgan fingerprint density at radius 1 is 0.967 bits per heavy atom. The summed E-state index contributed by atoms with van der Waals surface area (Å²) in [4.78, 5) is 16.2. The van der Waals surface area contributed by atoms with Crippen LogP contribution in [0.1, 0.15) is 51.9 Å². The van der Waals surface area contributed by atoms with Gasteiger partial charge in [0.15, 0.2) is 0 Å². The molecule has 2 aromatic rings. The maximum atomic E-state index is 5.52. The van der Waals surface area contributed by atoms with Crippen LogP contribution in [0.5, 0.6) is 5.75 Å². The van der Waals surface area contributed by atoms with Crippen LogP contribution in [-0.4, -0.2) is 41.2 Å². The van der Waals surface area contributed by atoms with Crippen molar-refractivity contribution < 1.29 is 4.74 Å². The van der Waals surface area contributed by atoms with E-state index in [9.17, 15) is 0 Å². The van der Waals surface area contributed by atoms with E-state index in [-0.39, 0.29) is 0 Å². The number of nitrogens with zero attached hydrogens (tertiary/aromatic N) is 4. The molecule has 2 N–H and O–H groups in total. The Hall–Kier alpha value is -2.83. The lowest BCUT2D eigenvalue weighted by Crippen LogP contribution is -2.22. The molecule has 1 aliphatic heterocycles. The van der Waals surface area contributed by atoms with E-state index in [1.54, 1.807) is 5.57 Å². The van der Waals surface area contributed by atoms with Gasteiger partial charge in [-0.3, -0.25) is 0 Å². The number of nitrogens with one attached hydrogen (secondary N) is 2. The Morgan fingerprint density at radius 3 is 2.50 bits per heavy atom. The Morgan fingerprint density at radius 2 is 1.77 bits per heavy atom. The maximum absolute atomic E-state index is 5.52. The molecule has 1 saturated heterocycles. The van der Waals surface area contributed by atoms with E-state index in [0.717, 1.165) is 43.4 Å². The highest BCUT2D eigenvalue weighted by atomic mass is 16.5. The molecular formula is C23H32N6O. The molecule has 0 amide bonds. The lowest BCUT2D eigenvalue weighted by Gasteiger charge is -2.18. The summed E-state index contributed by atoms with van der Waals surface area (Å²) in [6.07, 6.45) is 10.9. The van der Waals surface area contributed by atoms with Gasteiger partial charge < -0.3 is 20.3 Å². The van der Waals surface area contributed by atoms with Crippen LogP contribution in [0.25, 0.3) is 0 Å². The molecule has 2 heterocycles. The molecule has 1 aromatic carbocycles. The molecule has 0 radical (unpaired) electrons. The summed E-state index contributed by atoms with van der Waals surface area (Å²) in [5, 5.41) is 6.74. The van der Waals surface area contributed by atoms with Gasteiger partial charge in [-0.15, -0.1) is 0 Å². The van der Waals surface area contributed by atoms with Gasteiger partial charge in [0.25, 0.3) is 0 Å². The number of benzene rings is 1. The molecule has 7 heteroatoms. The van der Waals surface area contributed by atoms with Gasteiger partial charge in [0, 0.05) is 25.3 Å². The predicted octanol–water partition coefficient (Wildman–Crippen LogP) is 4.92. The van der Waals surface area contributed by atoms with Crippen molar-refractivity contribution in [2.24, 2.45) is 0 Å². The average molecular weight is 409 g/mol. The quantitative estimate of drug-likeness (QED) is 0.571. The Balaban J connectivity index is 1.46. The van der Waals surface area contributed by atoms with Crippen LogP contribution >= 0.6 is 0 Å². The summed E-state index contributed by atoms with van der Waals surface area (Å²) < 4.78 is 5.52. The monoisotopic (exact) mass is 408 g/mol. The van der Waals surface area contributed by atoms with Gasteiger partial charge in [-0.25, -0.2) is 0 Å². The van der Waals surface area contributed by atoms with E-state index in [0.29, 0.717) is 18.5 Å². The number of hydrogen-bond donors (Lipinski definition) is 2. The van der Waals surface area contributed by atoms with Gasteiger partial charge in [0.2, 0.25) is 17.8 Å². The number of anilines is 4. The van der Waals surface area contributed by atoms with Crippen molar-refractivity contribution >= 4 is 23.5 Å². The lowest BCUT2D eigenvalue weighted by atomic mass is 9.97. The summed E-state index contributed by atoms with van der Waals surface area (Å²) in [6, 6.07) is 7.86. The number of ether oxygens (including phenoxy) is 1. The van der Waals surface area contributed by atoms with Gasteiger partial charge in [-0.2, -0.15) is 15.0 Å². The van der Waals surface area contributed by atoms with Gasteiger partial charge in [0.05, 0.1) is 6.61 Å². The van der Waals surface area contributed by atoms with Crippen molar-refractivity contribution in [2.75, 3.05) is 41.8 Å². The van der Waals surface area contributed by atoms with Crippen LogP contribution in [-0.2, 0) is 0 Å². The Kier molecular flexibility index (Phi) is 7.00. The first-order valence-corrected chi connectivity index (χ1v) is 11.2. The van der Waals surface area contributed by atoms with Crippen LogP contribution < -0.4 is 20.3 Å². The first kappa shape index (κ1) is 20.4. The van der Waals surface area contributed by atoms with Crippen molar-refractivity contribution in [2.45, 2.75) is 51.9 Å². The minimum Gasteiger partial charge on any atom is -0.494 e. The smallest absolute Gasteiger partial charge is 0.233 e. The lowest BCUT2D eigenvalue weighted by molar-refractivity contribution is 0.340. The molecule has 0 bridgehead atoms. The van der Waals surface area contributed by atoms with Crippen molar-refractivity contribution in [3.8, 4) is 5.75 Å². The van der Waals surface area contributed by atoms with Crippen molar-refractivity contribution in [3.05, 3.63) is 35.9 Å². The standard InChI is InChI=1S/C23H32N6O/c1-2-30-20-12-10-19(11-13-20)25-22-26-21(24-15-14-18-8-4-3-5-9-18)27-23(28-22)29-16-6-7-17-29/h8,10-13H,2-7,9,14-17H2,1H3,(H2,24,25,26,27,28). The first-order valence-electron chi connectivity index (χ1n) is 11.2. The third-order valence-electron chi connectivity index (χ3n) is 5.55. The van der Waals surface area contributed by atoms with E-state index in [4.69, 9.17) is 9.72 Å². The molecule has 1 aliphatic carbocycles. The van der Waals surface area contributed by atoms with Gasteiger partial charge >= 0.3 is 0 Å². The average Bonchev–Trinajstić information content (AvgIpc) is 3.31. The molecule has 160 valence electrons. The second-order valence-corrected chi connectivity index (χ2v) is 7.84. The molecular weight excluding hydrogens is 376 g/mol. The molecule has 0 saturated carbocycles. The molecule has 7 nitrogen and oxygen atoms in total. The fourth-order valence-corrected chi connectivity index (χ4v) is 3.96. The fraction of sp³-hybridized carbons (Fsp3) is 0.522. The molecule has 4 rings (SSSR count). The van der Waals surface area contributed by atoms with E-state index in [2.05, 4.69) is 31.6 Å². The zero-order valence-corrected chi connectivity index (χ0v) is 17.9. The second kappa shape index (κ2) is 10.3. The SMILES string of the molecule is CCOc1ccc(Nc2nc(NCCC3=CCCCC3)nc(N3CCCC3)n2)cc1. The molecule has 30 heavy (non-hydrogen) atoms. The zero-order valence-electron chi connectivity index (χ0n) is 17.9. The van der Waals surface area contributed by atoms with Gasteiger partial charge in [-0.1, -0.05) is 11.6 Å². The number of allylic oxidation sites excluding steroid dienone is 1. The Bertz CT molecular complexity index is 845. The van der Waals surface area contributed by atoms with E-state index < -0.39 is 0 Å². The van der Waals surface area contributed by atoms with E-state index >= 15 is 0 Å². The number of hydrogen-bond acceptors (Lipinski definition) is 7. The minimum atomic E-state index is 0.565. The van der Waals surface area contributed by atoms with Gasteiger partial charge in [0.1, 0.15) is 5.75 Å². The maximum Gasteiger partial charge on any atom is 0.233 e. The highest BCUT2D eigenvalue weighted by Gasteiger charge is 2.17. The molecule has 0 unspecified atom stereocenters. The summed E-state index contributed by atoms with van der Waals surface area (Å²) in [5.41, 5.74) is 2.48. The highest BCUT2D eigenvalue weighted by Crippen LogP contribution is 2.23. The van der Waals surface area contributed by atoms with Crippen molar-refractivity contribution in [3.63, 3.8) is 0 Å². The summed E-state index contributed by atoms with van der Waals surface area (Å²) in [5.74, 6) is 2.80. The van der Waals surface area contributed by atoms with E-state index in [1.807, 2.05) is 31.2 Å². The van der Waals surface area contributed by atoms with Crippen LogP contribution in [0.15, 0.2) is 35.9 Å². The third kappa shape index (κ3) is 5.62. The predicted molar refractivity (Wildman–Crippen MR) is 122 cm³/mol. The number of aromatic nitrogens is 3. The largest absolute Gasteiger partial charge is 0.494 e. The topological polar surface area (TPSA) is 75.2 Å². The molecule has 0 spiro atoms. The second-order valence-electron chi connectivity index (χ2n) is 7.84. The zero-order chi connectivity index (χ0) is 20.6.